The van der Waals surface area contributed by atoms with Gasteiger partial charge in [0.2, 0.25) is 0 Å². The van der Waals surface area contributed by atoms with Crippen molar-refractivity contribution in [3.8, 4) is 0 Å². The molecule has 1 aliphatic rings. The summed E-state index contributed by atoms with van der Waals surface area (Å²) in [6.45, 7) is 2.10. The number of aromatic nitrogens is 1. The zero-order chi connectivity index (χ0) is 17.3. The average molecular weight is 336 g/mol. The Bertz CT molecular complexity index is 703. The first-order valence-corrected chi connectivity index (χ1v) is 8.61. The van der Waals surface area contributed by atoms with Gasteiger partial charge in [-0.15, -0.1) is 0 Å². The third-order valence-corrected chi connectivity index (χ3v) is 5.39. The molecule has 5 heteroatoms. The van der Waals surface area contributed by atoms with Gasteiger partial charge < -0.3 is 5.73 Å². The van der Waals surface area contributed by atoms with Gasteiger partial charge in [-0.3, -0.25) is 4.98 Å². The number of hydrogen-bond acceptors (Lipinski definition) is 2. The van der Waals surface area contributed by atoms with Crippen LogP contribution in [0.1, 0.15) is 56.1 Å². The van der Waals surface area contributed by atoms with E-state index in [1.165, 1.54) is 12.1 Å². The van der Waals surface area contributed by atoms with Crippen LogP contribution in [-0.4, -0.2) is 11.0 Å². The van der Waals surface area contributed by atoms with Gasteiger partial charge in [0.05, 0.1) is 11.1 Å². The first-order chi connectivity index (χ1) is 11.4. The van der Waals surface area contributed by atoms with E-state index in [-0.39, 0.29) is 6.04 Å². The summed E-state index contributed by atoms with van der Waals surface area (Å²) in [4.78, 5) is 4.23. The summed E-state index contributed by atoms with van der Waals surface area (Å²) in [6.07, 6.45) is 2.40. The fraction of sp³-hybridized carbons (Fsp3) is 0.526. The van der Waals surface area contributed by atoms with E-state index in [0.29, 0.717) is 22.7 Å². The van der Waals surface area contributed by atoms with Gasteiger partial charge in [0.15, 0.2) is 0 Å². The van der Waals surface area contributed by atoms with Crippen LogP contribution in [0.4, 0.5) is 13.2 Å². The van der Waals surface area contributed by atoms with Crippen molar-refractivity contribution in [2.24, 2.45) is 11.7 Å². The molecule has 3 rings (SSSR count). The molecule has 1 aromatic carbocycles. The number of rotatable bonds is 3. The average Bonchev–Trinajstić information content (AvgIpc) is 2.59. The molecule has 1 heterocycles. The lowest BCUT2D eigenvalue weighted by Crippen LogP contribution is -2.32. The van der Waals surface area contributed by atoms with Crippen molar-refractivity contribution < 1.29 is 13.2 Å². The lowest BCUT2D eigenvalue weighted by atomic mass is 9.75. The van der Waals surface area contributed by atoms with E-state index in [2.05, 4.69) is 11.9 Å². The fourth-order valence-electron chi connectivity index (χ4n) is 3.89. The van der Waals surface area contributed by atoms with Crippen molar-refractivity contribution in [1.82, 2.24) is 4.98 Å². The third-order valence-electron chi connectivity index (χ3n) is 5.39. The fourth-order valence-corrected chi connectivity index (χ4v) is 3.89. The maximum absolute atomic E-state index is 13.0. The molecule has 2 nitrogen and oxygen atoms in total. The Morgan fingerprint density at radius 1 is 1.17 bits per heavy atom. The molecule has 0 amide bonds. The Hall–Kier alpha value is -1.62. The highest BCUT2D eigenvalue weighted by atomic mass is 19.4. The minimum absolute atomic E-state index is 0.233. The van der Waals surface area contributed by atoms with Crippen LogP contribution in [0.25, 0.3) is 10.9 Å². The molecule has 1 aromatic heterocycles. The zero-order valence-electron chi connectivity index (χ0n) is 13.8. The van der Waals surface area contributed by atoms with Gasteiger partial charge in [0, 0.05) is 17.6 Å². The van der Waals surface area contributed by atoms with Crippen LogP contribution in [0.15, 0.2) is 30.5 Å². The lowest BCUT2D eigenvalue weighted by Gasteiger charge is -2.32. The molecule has 0 radical (unpaired) electrons. The Morgan fingerprint density at radius 2 is 1.88 bits per heavy atom. The maximum Gasteiger partial charge on any atom is 0.416 e. The molecular formula is C19H23F3N2. The van der Waals surface area contributed by atoms with Crippen LogP contribution >= 0.6 is 0 Å². The summed E-state index contributed by atoms with van der Waals surface area (Å²) >= 11 is 0. The van der Waals surface area contributed by atoms with E-state index in [1.54, 1.807) is 6.20 Å². The van der Waals surface area contributed by atoms with Gasteiger partial charge in [-0.2, -0.15) is 13.2 Å². The van der Waals surface area contributed by atoms with Gasteiger partial charge in [0.1, 0.15) is 0 Å². The highest BCUT2D eigenvalue weighted by Gasteiger charge is 2.31. The standard InChI is InChI=1S/C19H23F3N2/c1-2-17(23)13-5-3-12(4-6-13)15-9-10-24-18-8-7-14(11-16(15)18)19(20,21)22/h7-13,17H,2-6,23H2,1H3/t12-,13-,17?. The van der Waals surface area contributed by atoms with Gasteiger partial charge in [-0.25, -0.2) is 0 Å². The van der Waals surface area contributed by atoms with E-state index in [9.17, 15) is 13.2 Å². The predicted molar refractivity (Wildman–Crippen MR) is 89.7 cm³/mol. The van der Waals surface area contributed by atoms with Crippen molar-refractivity contribution in [1.29, 1.82) is 0 Å². The highest BCUT2D eigenvalue weighted by molar-refractivity contribution is 5.83. The molecule has 0 bridgehead atoms. The van der Waals surface area contributed by atoms with Crippen molar-refractivity contribution >= 4 is 10.9 Å². The summed E-state index contributed by atoms with van der Waals surface area (Å²) in [5.74, 6) is 0.823. The highest BCUT2D eigenvalue weighted by Crippen LogP contribution is 2.40. The zero-order valence-corrected chi connectivity index (χ0v) is 13.8. The molecule has 2 aromatic rings. The smallest absolute Gasteiger partial charge is 0.327 e. The van der Waals surface area contributed by atoms with Crippen molar-refractivity contribution in [3.63, 3.8) is 0 Å². The van der Waals surface area contributed by atoms with Crippen LogP contribution in [0.3, 0.4) is 0 Å². The normalized spacial score (nSPS) is 23.4. The number of alkyl halides is 3. The van der Waals surface area contributed by atoms with Crippen molar-refractivity contribution in [2.75, 3.05) is 0 Å². The summed E-state index contributed by atoms with van der Waals surface area (Å²) in [5.41, 5.74) is 7.18. The first kappa shape index (κ1) is 17.2. The summed E-state index contributed by atoms with van der Waals surface area (Å²) in [7, 11) is 0. The van der Waals surface area contributed by atoms with Crippen LogP contribution in [0, 0.1) is 5.92 Å². The van der Waals surface area contributed by atoms with Crippen LogP contribution in [0.5, 0.6) is 0 Å². The van der Waals surface area contributed by atoms with Gasteiger partial charge in [-0.1, -0.05) is 6.92 Å². The number of pyridine rings is 1. The minimum atomic E-state index is -4.33. The number of hydrogen-bond donors (Lipinski definition) is 1. The largest absolute Gasteiger partial charge is 0.416 e. The Labute approximate surface area is 140 Å². The molecule has 2 N–H and O–H groups in total. The molecule has 1 fully saturated rings. The Balaban J connectivity index is 1.90. The second kappa shape index (κ2) is 6.71. The topological polar surface area (TPSA) is 38.9 Å². The van der Waals surface area contributed by atoms with Gasteiger partial charge >= 0.3 is 6.18 Å². The van der Waals surface area contributed by atoms with Crippen LogP contribution in [0.2, 0.25) is 0 Å². The molecule has 1 aliphatic carbocycles. The summed E-state index contributed by atoms with van der Waals surface area (Å²) < 4.78 is 39.1. The van der Waals surface area contributed by atoms with E-state index in [4.69, 9.17) is 5.73 Å². The van der Waals surface area contributed by atoms with Crippen molar-refractivity contribution in [3.05, 3.63) is 41.6 Å². The molecule has 0 aliphatic heterocycles. The maximum atomic E-state index is 13.0. The van der Waals surface area contributed by atoms with Gasteiger partial charge in [0.25, 0.3) is 0 Å². The van der Waals surface area contributed by atoms with Crippen LogP contribution < -0.4 is 5.73 Å². The molecular weight excluding hydrogens is 313 g/mol. The summed E-state index contributed by atoms with van der Waals surface area (Å²) in [5, 5.41) is 0.635. The second-order valence-electron chi connectivity index (χ2n) is 6.81. The van der Waals surface area contributed by atoms with E-state index >= 15 is 0 Å². The molecule has 24 heavy (non-hydrogen) atoms. The van der Waals surface area contributed by atoms with Gasteiger partial charge in [-0.05, 0) is 73.8 Å². The molecule has 130 valence electrons. The monoisotopic (exact) mass is 336 g/mol. The number of halogens is 3. The second-order valence-corrected chi connectivity index (χ2v) is 6.81. The van der Waals surface area contributed by atoms with Crippen LogP contribution in [-0.2, 0) is 6.18 Å². The third kappa shape index (κ3) is 3.41. The predicted octanol–water partition coefficient (Wildman–Crippen LogP) is 5.26. The molecule has 0 spiro atoms. The number of benzene rings is 1. The SMILES string of the molecule is CCC(N)[C@H]1CC[C@H](c2ccnc3ccc(C(F)(F)F)cc32)CC1. The minimum Gasteiger partial charge on any atom is -0.327 e. The van der Waals surface area contributed by atoms with Crippen molar-refractivity contribution in [2.45, 2.75) is 57.2 Å². The number of fused-ring (bicyclic) bond motifs is 1. The Kier molecular flexibility index (Phi) is 4.81. The molecule has 1 unspecified atom stereocenters. The molecule has 0 saturated heterocycles. The molecule has 1 atom stereocenters. The lowest BCUT2D eigenvalue weighted by molar-refractivity contribution is -0.137. The van der Waals surface area contributed by atoms with E-state index in [1.807, 2.05) is 6.07 Å². The van der Waals surface area contributed by atoms with E-state index in [0.717, 1.165) is 43.7 Å². The molecule has 1 saturated carbocycles. The Morgan fingerprint density at radius 3 is 2.50 bits per heavy atom. The number of nitrogens with zero attached hydrogens (tertiary/aromatic N) is 1. The van der Waals surface area contributed by atoms with E-state index < -0.39 is 11.7 Å². The number of nitrogens with two attached hydrogens (primary N) is 1. The first-order valence-electron chi connectivity index (χ1n) is 8.61. The quantitative estimate of drug-likeness (QED) is 0.830. The summed E-state index contributed by atoms with van der Waals surface area (Å²) in [6, 6.07) is 5.95.